The van der Waals surface area contributed by atoms with Gasteiger partial charge in [-0.2, -0.15) is 5.10 Å². The van der Waals surface area contributed by atoms with Gasteiger partial charge in [-0.15, -0.1) is 0 Å². The highest BCUT2D eigenvalue weighted by Crippen LogP contribution is 2.40. The van der Waals surface area contributed by atoms with Crippen LogP contribution in [0.25, 0.3) is 11.4 Å². The first-order valence-corrected chi connectivity index (χ1v) is 12.6. The highest BCUT2D eigenvalue weighted by atomic mass is 79.9. The van der Waals surface area contributed by atoms with Gasteiger partial charge in [-0.05, 0) is 39.0 Å². The van der Waals surface area contributed by atoms with Crippen molar-refractivity contribution in [1.29, 1.82) is 0 Å². The summed E-state index contributed by atoms with van der Waals surface area (Å²) >= 11 is 3.66. The third-order valence-corrected chi connectivity index (χ3v) is 6.74. The van der Waals surface area contributed by atoms with Crippen LogP contribution in [0.3, 0.4) is 0 Å². The fraction of sp³-hybridized carbons (Fsp3) is 0.172. The zero-order valence-electron chi connectivity index (χ0n) is 19.8. The molecule has 182 valence electrons. The largest absolute Gasteiger partial charge is 0.488 e. The number of benzene rings is 3. The Morgan fingerprint density at radius 3 is 2.14 bits per heavy atom. The molecule has 0 bridgehead atoms. The van der Waals surface area contributed by atoms with Crippen LogP contribution in [0, 0.1) is 5.92 Å². The number of hydrogen-bond acceptors (Lipinski definition) is 4. The third-order valence-electron chi connectivity index (χ3n) is 6.12. The molecule has 0 fully saturated rings. The topological polar surface area (TPSA) is 69.1 Å². The van der Waals surface area contributed by atoms with Gasteiger partial charge in [0.05, 0.1) is 16.1 Å². The first-order chi connectivity index (χ1) is 17.6. The lowest BCUT2D eigenvalue weighted by Gasteiger charge is -2.23. The van der Waals surface area contributed by atoms with Crippen molar-refractivity contribution in [3.63, 3.8) is 0 Å². The van der Waals surface area contributed by atoms with E-state index in [2.05, 4.69) is 39.1 Å². The lowest BCUT2D eigenvalue weighted by molar-refractivity contribution is 0.289. The molecule has 1 N–H and O–H groups in total. The van der Waals surface area contributed by atoms with Crippen LogP contribution >= 0.6 is 15.9 Å². The summed E-state index contributed by atoms with van der Waals surface area (Å²) in [6.45, 7) is 2.86. The van der Waals surface area contributed by atoms with E-state index in [1.807, 2.05) is 91.0 Å². The summed E-state index contributed by atoms with van der Waals surface area (Å²) in [6.07, 6.45) is 8.05. The quantitative estimate of drug-likeness (QED) is 0.276. The smallest absolute Gasteiger partial charge is 0.344 e. The molecule has 1 aliphatic carbocycles. The Hall–Kier alpha value is -3.84. The summed E-state index contributed by atoms with van der Waals surface area (Å²) in [4.78, 5) is 12.9. The second kappa shape index (κ2) is 10.8. The molecule has 7 heteroatoms. The second-order valence-corrected chi connectivity index (χ2v) is 9.52. The van der Waals surface area contributed by atoms with Crippen molar-refractivity contribution in [1.82, 2.24) is 14.8 Å². The molecule has 3 aromatic carbocycles. The van der Waals surface area contributed by atoms with Crippen molar-refractivity contribution in [2.75, 3.05) is 0 Å². The van der Waals surface area contributed by atoms with Gasteiger partial charge < -0.3 is 9.47 Å². The van der Waals surface area contributed by atoms with E-state index >= 15 is 0 Å². The fourth-order valence-corrected chi connectivity index (χ4v) is 4.67. The van der Waals surface area contributed by atoms with Crippen molar-refractivity contribution < 1.29 is 9.47 Å². The van der Waals surface area contributed by atoms with Gasteiger partial charge in [-0.25, -0.2) is 9.89 Å². The van der Waals surface area contributed by atoms with E-state index in [0.717, 1.165) is 15.6 Å². The van der Waals surface area contributed by atoms with Crippen LogP contribution in [0.4, 0.5) is 0 Å². The van der Waals surface area contributed by atoms with E-state index in [1.165, 1.54) is 0 Å². The van der Waals surface area contributed by atoms with Gasteiger partial charge >= 0.3 is 5.69 Å². The lowest BCUT2D eigenvalue weighted by atomic mass is 9.96. The molecular weight excluding hydrogens is 518 g/mol. The Morgan fingerprint density at radius 2 is 1.50 bits per heavy atom. The molecule has 0 spiro atoms. The van der Waals surface area contributed by atoms with Gasteiger partial charge in [0.1, 0.15) is 24.7 Å². The summed E-state index contributed by atoms with van der Waals surface area (Å²) in [5.74, 6) is 1.86. The number of H-pyrrole nitrogens is 1. The van der Waals surface area contributed by atoms with Crippen LogP contribution in [0.1, 0.15) is 24.1 Å². The predicted octanol–water partition coefficient (Wildman–Crippen LogP) is 6.46. The Labute approximate surface area is 218 Å². The molecule has 4 aromatic rings. The third kappa shape index (κ3) is 5.21. The molecule has 0 saturated heterocycles. The highest BCUT2D eigenvalue weighted by molar-refractivity contribution is 9.10. The standard InChI is InChI=1S/C29H26BrN3O3/c1-20-10-8-9-15-25(20)33-28(31-32-29(33)34)23-16-24(30)27(36-19-22-13-6-3-7-14-22)17-26(23)35-18-21-11-4-2-5-12-21/h2-17,20,25H,18-19H2,1H3,(H,32,34). The first kappa shape index (κ1) is 23.9. The minimum Gasteiger partial charge on any atom is -0.488 e. The van der Waals surface area contributed by atoms with Crippen LogP contribution in [-0.4, -0.2) is 14.8 Å². The van der Waals surface area contributed by atoms with Gasteiger partial charge in [-0.1, -0.05) is 91.9 Å². The second-order valence-electron chi connectivity index (χ2n) is 8.67. The number of nitrogens with zero attached hydrogens (tertiary/aromatic N) is 2. The predicted molar refractivity (Wildman–Crippen MR) is 144 cm³/mol. The highest BCUT2D eigenvalue weighted by Gasteiger charge is 2.25. The molecule has 1 aliphatic rings. The number of aromatic nitrogens is 3. The molecule has 0 radical (unpaired) electrons. The van der Waals surface area contributed by atoms with Gasteiger partial charge in [0.25, 0.3) is 0 Å². The minimum atomic E-state index is -0.267. The molecular formula is C29H26BrN3O3. The number of ether oxygens (including phenoxy) is 2. The van der Waals surface area contributed by atoms with E-state index in [1.54, 1.807) is 4.57 Å². The minimum absolute atomic E-state index is 0.134. The summed E-state index contributed by atoms with van der Waals surface area (Å²) in [7, 11) is 0. The molecule has 2 atom stereocenters. The lowest BCUT2D eigenvalue weighted by Crippen LogP contribution is -2.26. The van der Waals surface area contributed by atoms with Crippen LogP contribution < -0.4 is 15.2 Å². The molecule has 36 heavy (non-hydrogen) atoms. The zero-order valence-corrected chi connectivity index (χ0v) is 21.4. The Balaban J connectivity index is 1.54. The maximum atomic E-state index is 12.9. The van der Waals surface area contributed by atoms with Crippen LogP contribution in [0.5, 0.6) is 11.5 Å². The van der Waals surface area contributed by atoms with E-state index in [-0.39, 0.29) is 17.6 Å². The summed E-state index contributed by atoms with van der Waals surface area (Å²) in [6, 6.07) is 23.5. The van der Waals surface area contributed by atoms with E-state index in [0.29, 0.717) is 36.1 Å². The molecule has 1 heterocycles. The number of allylic oxidation sites excluding steroid dienone is 4. The van der Waals surface area contributed by atoms with Crippen LogP contribution in [-0.2, 0) is 13.2 Å². The van der Waals surface area contributed by atoms with Gasteiger partial charge in [0, 0.05) is 6.07 Å². The number of aromatic amines is 1. The van der Waals surface area contributed by atoms with Gasteiger partial charge in [-0.3, -0.25) is 4.57 Å². The van der Waals surface area contributed by atoms with Crippen molar-refractivity contribution in [3.05, 3.63) is 123 Å². The van der Waals surface area contributed by atoms with E-state index < -0.39 is 0 Å². The van der Waals surface area contributed by atoms with E-state index in [9.17, 15) is 4.79 Å². The number of halogens is 1. The molecule has 0 saturated carbocycles. The van der Waals surface area contributed by atoms with Gasteiger partial charge in [0.15, 0.2) is 5.82 Å². The van der Waals surface area contributed by atoms with Crippen molar-refractivity contribution in [2.24, 2.45) is 5.92 Å². The van der Waals surface area contributed by atoms with Gasteiger partial charge in [0.2, 0.25) is 0 Å². The molecule has 0 aliphatic heterocycles. The Kier molecular flexibility index (Phi) is 7.18. The molecule has 6 nitrogen and oxygen atoms in total. The molecule has 5 rings (SSSR count). The molecule has 2 unspecified atom stereocenters. The summed E-state index contributed by atoms with van der Waals surface area (Å²) < 4.78 is 14.9. The van der Waals surface area contributed by atoms with Crippen molar-refractivity contribution in [3.8, 4) is 22.9 Å². The van der Waals surface area contributed by atoms with Crippen LogP contribution in [0.15, 0.2) is 106 Å². The SMILES string of the molecule is CC1C=CC=CC1n1c(-c2cc(Br)c(OCc3ccccc3)cc2OCc2ccccc2)n[nH]c1=O. The zero-order chi connectivity index (χ0) is 24.9. The van der Waals surface area contributed by atoms with Crippen molar-refractivity contribution in [2.45, 2.75) is 26.2 Å². The molecule has 1 aromatic heterocycles. The Bertz CT molecular complexity index is 1440. The van der Waals surface area contributed by atoms with Crippen LogP contribution in [0.2, 0.25) is 0 Å². The maximum absolute atomic E-state index is 12.9. The van der Waals surface area contributed by atoms with Crippen molar-refractivity contribution >= 4 is 15.9 Å². The summed E-state index contributed by atoms with van der Waals surface area (Å²) in [5, 5.41) is 7.03. The molecule has 0 amide bonds. The first-order valence-electron chi connectivity index (χ1n) is 11.8. The fourth-order valence-electron chi connectivity index (χ4n) is 4.21. The number of nitrogens with one attached hydrogen (secondary N) is 1. The average Bonchev–Trinajstić information content (AvgIpc) is 3.29. The van der Waals surface area contributed by atoms with E-state index in [4.69, 9.17) is 9.47 Å². The number of rotatable bonds is 8. The average molecular weight is 544 g/mol. The maximum Gasteiger partial charge on any atom is 0.344 e. The normalized spacial score (nSPS) is 16.7. The summed E-state index contributed by atoms with van der Waals surface area (Å²) in [5.41, 5.74) is 2.52. The Morgan fingerprint density at radius 1 is 0.889 bits per heavy atom. The number of hydrogen-bond donors (Lipinski definition) is 1. The monoisotopic (exact) mass is 543 g/mol.